The summed E-state index contributed by atoms with van der Waals surface area (Å²) < 4.78 is 0. The first-order chi connectivity index (χ1) is 9.66. The monoisotopic (exact) mass is 347 g/mol. The number of amides is 1. The van der Waals surface area contributed by atoms with Crippen LogP contribution in [0.1, 0.15) is 24.4 Å². The zero-order valence-corrected chi connectivity index (χ0v) is 14.9. The van der Waals surface area contributed by atoms with Crippen LogP contribution in [0.4, 0.5) is 0 Å². The third-order valence-corrected chi connectivity index (χ3v) is 3.94. The number of carbonyl (C=O) groups excluding carboxylic acids is 1. The summed E-state index contributed by atoms with van der Waals surface area (Å²) in [4.78, 5) is 14.1. The standard InChI is InChI=1S/C16H25N3O.2ClH/c1-19(2)15(14-6-4-3-5-7-14)12-18-16(20)10-13-8-9-17-11-13;;/h3-7,13,15,17H,8-12H2,1-2H3,(H,18,20);2*1H. The zero-order chi connectivity index (χ0) is 14.4. The van der Waals surface area contributed by atoms with Crippen LogP contribution in [0.5, 0.6) is 0 Å². The third kappa shape index (κ3) is 6.53. The van der Waals surface area contributed by atoms with Crippen LogP contribution in [0.25, 0.3) is 0 Å². The van der Waals surface area contributed by atoms with Gasteiger partial charge in [-0.15, -0.1) is 24.8 Å². The Labute approximate surface area is 145 Å². The normalized spacial score (nSPS) is 18.2. The Kier molecular flexibility index (Phi) is 10.4. The summed E-state index contributed by atoms with van der Waals surface area (Å²) in [5.74, 6) is 0.672. The molecule has 1 amide bonds. The largest absolute Gasteiger partial charge is 0.354 e. The van der Waals surface area contributed by atoms with Crippen LogP contribution < -0.4 is 10.6 Å². The third-order valence-electron chi connectivity index (χ3n) is 3.94. The van der Waals surface area contributed by atoms with Crippen molar-refractivity contribution in [2.45, 2.75) is 18.9 Å². The van der Waals surface area contributed by atoms with Crippen molar-refractivity contribution in [3.05, 3.63) is 35.9 Å². The van der Waals surface area contributed by atoms with Crippen molar-refractivity contribution in [2.75, 3.05) is 33.7 Å². The number of benzene rings is 1. The van der Waals surface area contributed by atoms with Gasteiger partial charge in [-0.1, -0.05) is 30.3 Å². The average Bonchev–Trinajstić information content (AvgIpc) is 2.92. The molecule has 1 aliphatic heterocycles. The van der Waals surface area contributed by atoms with Gasteiger partial charge in [0, 0.05) is 13.0 Å². The van der Waals surface area contributed by atoms with Crippen LogP contribution in [-0.4, -0.2) is 44.5 Å². The molecule has 2 atom stereocenters. The number of halogens is 2. The minimum atomic E-state index is 0. The predicted molar refractivity (Wildman–Crippen MR) is 96.0 cm³/mol. The molecule has 0 bridgehead atoms. The summed E-state index contributed by atoms with van der Waals surface area (Å²) in [5.41, 5.74) is 1.24. The quantitative estimate of drug-likeness (QED) is 0.829. The molecule has 2 unspecified atom stereocenters. The molecule has 2 N–H and O–H groups in total. The van der Waals surface area contributed by atoms with Gasteiger partial charge in [0.1, 0.15) is 0 Å². The lowest BCUT2D eigenvalue weighted by atomic mass is 10.0. The van der Waals surface area contributed by atoms with Gasteiger partial charge in [0.05, 0.1) is 6.04 Å². The van der Waals surface area contributed by atoms with Crippen LogP contribution in [-0.2, 0) is 4.79 Å². The van der Waals surface area contributed by atoms with E-state index in [4.69, 9.17) is 0 Å². The van der Waals surface area contributed by atoms with Gasteiger partial charge in [-0.3, -0.25) is 4.79 Å². The molecule has 0 spiro atoms. The second kappa shape index (κ2) is 10.8. The van der Waals surface area contributed by atoms with Crippen molar-refractivity contribution in [3.8, 4) is 0 Å². The molecule has 1 saturated heterocycles. The fourth-order valence-corrected chi connectivity index (χ4v) is 2.71. The predicted octanol–water partition coefficient (Wildman–Crippen LogP) is 2.25. The first-order valence-corrected chi connectivity index (χ1v) is 7.35. The first kappa shape index (κ1) is 21.2. The first-order valence-electron chi connectivity index (χ1n) is 7.35. The fraction of sp³-hybridized carbons (Fsp3) is 0.562. The molecule has 22 heavy (non-hydrogen) atoms. The highest BCUT2D eigenvalue weighted by atomic mass is 35.5. The maximum atomic E-state index is 12.0. The van der Waals surface area contributed by atoms with Crippen LogP contribution in [0.3, 0.4) is 0 Å². The highest BCUT2D eigenvalue weighted by Gasteiger charge is 2.19. The Morgan fingerprint density at radius 1 is 1.32 bits per heavy atom. The van der Waals surface area contributed by atoms with Crippen molar-refractivity contribution in [2.24, 2.45) is 5.92 Å². The number of hydrogen-bond acceptors (Lipinski definition) is 3. The van der Waals surface area contributed by atoms with Gasteiger partial charge in [0.25, 0.3) is 0 Å². The lowest BCUT2D eigenvalue weighted by molar-refractivity contribution is -0.122. The number of likely N-dealkylation sites (N-methyl/N-ethyl adjacent to an activating group) is 1. The van der Waals surface area contributed by atoms with E-state index in [2.05, 4.69) is 27.7 Å². The number of nitrogens with one attached hydrogen (secondary N) is 2. The van der Waals surface area contributed by atoms with Crippen LogP contribution >= 0.6 is 24.8 Å². The molecule has 126 valence electrons. The highest BCUT2D eigenvalue weighted by molar-refractivity contribution is 5.85. The van der Waals surface area contributed by atoms with Gasteiger partial charge in [-0.25, -0.2) is 0 Å². The van der Waals surface area contributed by atoms with E-state index >= 15 is 0 Å². The topological polar surface area (TPSA) is 44.4 Å². The molecule has 1 aromatic carbocycles. The molecule has 6 heteroatoms. The Hall–Kier alpha value is -0.810. The van der Waals surface area contributed by atoms with Crippen molar-refractivity contribution in [1.29, 1.82) is 0 Å². The van der Waals surface area contributed by atoms with Crippen LogP contribution in [0, 0.1) is 5.92 Å². The summed E-state index contributed by atoms with van der Waals surface area (Å²) in [6, 6.07) is 10.5. The van der Waals surface area contributed by atoms with E-state index in [1.54, 1.807) is 0 Å². The van der Waals surface area contributed by atoms with E-state index in [0.29, 0.717) is 18.9 Å². The van der Waals surface area contributed by atoms with Crippen molar-refractivity contribution >= 4 is 30.7 Å². The molecule has 0 aliphatic carbocycles. The minimum absolute atomic E-state index is 0. The van der Waals surface area contributed by atoms with Gasteiger partial charge in [0.15, 0.2) is 0 Å². The second-order valence-corrected chi connectivity index (χ2v) is 5.76. The summed E-state index contributed by atoms with van der Waals surface area (Å²) in [7, 11) is 4.09. The molecule has 4 nitrogen and oxygen atoms in total. The lowest BCUT2D eigenvalue weighted by Crippen LogP contribution is -2.35. The molecular formula is C16H27Cl2N3O. The van der Waals surface area contributed by atoms with E-state index in [1.807, 2.05) is 32.3 Å². The van der Waals surface area contributed by atoms with Crippen molar-refractivity contribution in [3.63, 3.8) is 0 Å². The molecule has 1 heterocycles. The summed E-state index contributed by atoms with van der Waals surface area (Å²) in [6.07, 6.45) is 1.76. The van der Waals surface area contributed by atoms with E-state index in [-0.39, 0.29) is 36.8 Å². The van der Waals surface area contributed by atoms with Gasteiger partial charge in [-0.2, -0.15) is 0 Å². The maximum Gasteiger partial charge on any atom is 0.220 e. The SMILES string of the molecule is CN(C)C(CNC(=O)CC1CCNC1)c1ccccc1.Cl.Cl. The molecule has 0 saturated carbocycles. The summed E-state index contributed by atoms with van der Waals surface area (Å²) in [5, 5.41) is 6.38. The lowest BCUT2D eigenvalue weighted by Gasteiger charge is -2.25. The van der Waals surface area contributed by atoms with E-state index in [0.717, 1.165) is 19.5 Å². The number of carbonyl (C=O) groups is 1. The maximum absolute atomic E-state index is 12.0. The molecule has 1 fully saturated rings. The van der Waals surface area contributed by atoms with Gasteiger partial charge < -0.3 is 15.5 Å². The molecule has 0 radical (unpaired) electrons. The number of nitrogens with zero attached hydrogens (tertiary/aromatic N) is 1. The van der Waals surface area contributed by atoms with Gasteiger partial charge in [-0.05, 0) is 45.1 Å². The minimum Gasteiger partial charge on any atom is -0.354 e. The highest BCUT2D eigenvalue weighted by Crippen LogP contribution is 2.17. The number of rotatable bonds is 6. The summed E-state index contributed by atoms with van der Waals surface area (Å²) in [6.45, 7) is 2.68. The van der Waals surface area contributed by atoms with E-state index < -0.39 is 0 Å². The Bertz CT molecular complexity index is 423. The van der Waals surface area contributed by atoms with E-state index in [1.165, 1.54) is 5.56 Å². The molecule has 1 aromatic rings. The van der Waals surface area contributed by atoms with E-state index in [9.17, 15) is 4.79 Å². The summed E-state index contributed by atoms with van der Waals surface area (Å²) >= 11 is 0. The zero-order valence-electron chi connectivity index (χ0n) is 13.2. The number of hydrogen-bond donors (Lipinski definition) is 2. The van der Waals surface area contributed by atoms with Gasteiger partial charge >= 0.3 is 0 Å². The van der Waals surface area contributed by atoms with Crippen molar-refractivity contribution < 1.29 is 4.79 Å². The smallest absolute Gasteiger partial charge is 0.220 e. The molecule has 2 rings (SSSR count). The second-order valence-electron chi connectivity index (χ2n) is 5.76. The molecule has 1 aliphatic rings. The Morgan fingerprint density at radius 3 is 2.55 bits per heavy atom. The Morgan fingerprint density at radius 2 is 2.00 bits per heavy atom. The average molecular weight is 348 g/mol. The molecule has 0 aromatic heterocycles. The Balaban J connectivity index is 0.00000220. The van der Waals surface area contributed by atoms with Gasteiger partial charge in [0.2, 0.25) is 5.91 Å². The van der Waals surface area contributed by atoms with Crippen molar-refractivity contribution in [1.82, 2.24) is 15.5 Å². The van der Waals surface area contributed by atoms with Crippen LogP contribution in [0.2, 0.25) is 0 Å². The van der Waals surface area contributed by atoms with Crippen LogP contribution in [0.15, 0.2) is 30.3 Å². The molecular weight excluding hydrogens is 321 g/mol. The fourth-order valence-electron chi connectivity index (χ4n) is 2.71.